The highest BCUT2D eigenvalue weighted by molar-refractivity contribution is 7.89. The fraction of sp³-hybridized carbons (Fsp3) is 0.294. The molecule has 0 bridgehead atoms. The number of imidazole rings is 1. The first-order valence-corrected chi connectivity index (χ1v) is 9.62. The number of hydrogen-bond donors (Lipinski definition) is 1. The number of aryl methyl sites for hydroxylation is 1. The number of nitrogens with zero attached hydrogens (tertiary/aromatic N) is 3. The highest BCUT2D eigenvalue weighted by atomic mass is 32.2. The number of alkyl halides is 3. The Morgan fingerprint density at radius 1 is 1.22 bits per heavy atom. The Labute approximate surface area is 154 Å². The van der Waals surface area contributed by atoms with Gasteiger partial charge in [0.15, 0.2) is 5.03 Å². The lowest BCUT2D eigenvalue weighted by atomic mass is 10.2. The number of fused-ring (bicyclic) bond motifs is 1. The molecule has 0 saturated heterocycles. The molecule has 3 rings (SSSR count). The zero-order chi connectivity index (χ0) is 19.8. The number of hydrogen-bond acceptors (Lipinski definition) is 4. The fourth-order valence-corrected chi connectivity index (χ4v) is 3.98. The van der Waals surface area contributed by atoms with Gasteiger partial charge in [-0.1, -0.05) is 6.07 Å². The average molecular weight is 398 g/mol. The summed E-state index contributed by atoms with van der Waals surface area (Å²) in [5.74, 6) is 0.325. The zero-order valence-corrected chi connectivity index (χ0v) is 15.3. The predicted octanol–water partition coefficient (Wildman–Crippen LogP) is 3.51. The number of pyridine rings is 1. The lowest BCUT2D eigenvalue weighted by Crippen LogP contribution is -2.29. The quantitative estimate of drug-likeness (QED) is 0.714. The number of halogens is 3. The van der Waals surface area contributed by atoms with Crippen LogP contribution in [0.3, 0.4) is 0 Å². The van der Waals surface area contributed by atoms with Crippen LogP contribution in [0.25, 0.3) is 11.0 Å². The largest absolute Gasteiger partial charge is 0.416 e. The molecule has 6 nitrogen and oxygen atoms in total. The van der Waals surface area contributed by atoms with Crippen LogP contribution in [-0.4, -0.2) is 23.0 Å². The normalized spacial score (nSPS) is 13.8. The van der Waals surface area contributed by atoms with Crippen molar-refractivity contribution in [3.8, 4) is 0 Å². The minimum absolute atomic E-state index is 0.143. The molecule has 0 fully saturated rings. The van der Waals surface area contributed by atoms with E-state index in [1.54, 1.807) is 30.5 Å². The van der Waals surface area contributed by atoms with Crippen LogP contribution in [0.15, 0.2) is 47.6 Å². The van der Waals surface area contributed by atoms with Crippen LogP contribution in [0.1, 0.15) is 31.3 Å². The Morgan fingerprint density at radius 2 is 1.96 bits per heavy atom. The van der Waals surface area contributed by atoms with Crippen molar-refractivity contribution in [1.29, 1.82) is 0 Å². The third-order valence-electron chi connectivity index (χ3n) is 4.05. The first-order chi connectivity index (χ1) is 12.6. The van der Waals surface area contributed by atoms with Crippen molar-refractivity contribution in [3.63, 3.8) is 0 Å². The van der Waals surface area contributed by atoms with Crippen molar-refractivity contribution in [1.82, 2.24) is 19.3 Å². The molecule has 2 heterocycles. The molecule has 1 atom stereocenters. The number of benzene rings is 1. The number of aromatic nitrogens is 3. The van der Waals surface area contributed by atoms with E-state index in [4.69, 9.17) is 0 Å². The van der Waals surface area contributed by atoms with E-state index in [2.05, 4.69) is 14.7 Å². The molecular formula is C17H17F3N4O2S. The average Bonchev–Trinajstić information content (AvgIpc) is 2.99. The highest BCUT2D eigenvalue weighted by Crippen LogP contribution is 2.32. The molecule has 0 aliphatic carbocycles. The Kier molecular flexibility index (Phi) is 4.96. The van der Waals surface area contributed by atoms with Gasteiger partial charge in [-0.3, -0.25) is 0 Å². The summed E-state index contributed by atoms with van der Waals surface area (Å²) in [6, 6.07) is 7.00. The highest BCUT2D eigenvalue weighted by Gasteiger charge is 2.31. The predicted molar refractivity (Wildman–Crippen MR) is 93.4 cm³/mol. The van der Waals surface area contributed by atoms with Crippen LogP contribution in [0.2, 0.25) is 0 Å². The Morgan fingerprint density at radius 3 is 2.56 bits per heavy atom. The third-order valence-corrected chi connectivity index (χ3v) is 5.51. The van der Waals surface area contributed by atoms with Crippen LogP contribution in [0.4, 0.5) is 13.2 Å². The second-order valence-electron chi connectivity index (χ2n) is 5.93. The van der Waals surface area contributed by atoms with E-state index in [0.29, 0.717) is 23.4 Å². The molecule has 0 aliphatic rings. The second kappa shape index (κ2) is 6.93. The molecule has 0 spiro atoms. The van der Waals surface area contributed by atoms with Gasteiger partial charge in [0, 0.05) is 12.7 Å². The van der Waals surface area contributed by atoms with E-state index in [9.17, 15) is 21.6 Å². The van der Waals surface area contributed by atoms with Gasteiger partial charge >= 0.3 is 6.18 Å². The summed E-state index contributed by atoms with van der Waals surface area (Å²) in [6.45, 7) is 3.67. The van der Waals surface area contributed by atoms with Crippen molar-refractivity contribution in [3.05, 3.63) is 54.0 Å². The molecule has 27 heavy (non-hydrogen) atoms. The molecule has 2 aromatic heterocycles. The molecule has 3 aromatic rings. The third kappa shape index (κ3) is 3.81. The van der Waals surface area contributed by atoms with Gasteiger partial charge in [0.1, 0.15) is 5.82 Å². The van der Waals surface area contributed by atoms with Gasteiger partial charge in [0.25, 0.3) is 10.0 Å². The van der Waals surface area contributed by atoms with Crippen LogP contribution < -0.4 is 4.72 Å². The van der Waals surface area contributed by atoms with Crippen LogP contribution >= 0.6 is 0 Å². The topological polar surface area (TPSA) is 76.9 Å². The van der Waals surface area contributed by atoms with Crippen molar-refractivity contribution < 1.29 is 21.6 Å². The zero-order valence-electron chi connectivity index (χ0n) is 14.5. The lowest BCUT2D eigenvalue weighted by molar-refractivity contribution is -0.137. The summed E-state index contributed by atoms with van der Waals surface area (Å²) in [5, 5.41) is -0.143. The molecule has 1 N–H and O–H groups in total. The molecule has 0 amide bonds. The molecular weight excluding hydrogens is 381 g/mol. The minimum atomic E-state index is -4.47. The van der Waals surface area contributed by atoms with E-state index in [1.807, 2.05) is 0 Å². The van der Waals surface area contributed by atoms with Gasteiger partial charge in [-0.15, -0.1) is 0 Å². The van der Waals surface area contributed by atoms with Gasteiger partial charge in [-0.05, 0) is 44.2 Å². The second-order valence-corrected chi connectivity index (χ2v) is 7.59. The van der Waals surface area contributed by atoms with Crippen molar-refractivity contribution >= 4 is 21.1 Å². The van der Waals surface area contributed by atoms with E-state index < -0.39 is 27.8 Å². The first-order valence-electron chi connectivity index (χ1n) is 8.14. The summed E-state index contributed by atoms with van der Waals surface area (Å²) >= 11 is 0. The van der Waals surface area contributed by atoms with Crippen molar-refractivity contribution in [2.45, 2.75) is 37.6 Å². The maximum Gasteiger partial charge on any atom is 0.416 e. The summed E-state index contributed by atoms with van der Waals surface area (Å²) in [4.78, 5) is 8.15. The lowest BCUT2D eigenvalue weighted by Gasteiger charge is -2.15. The van der Waals surface area contributed by atoms with Crippen LogP contribution in [0.5, 0.6) is 0 Å². The maximum atomic E-state index is 13.0. The van der Waals surface area contributed by atoms with Crippen LogP contribution in [-0.2, 0) is 22.7 Å². The molecule has 10 heteroatoms. The number of rotatable bonds is 5. The monoisotopic (exact) mass is 398 g/mol. The van der Waals surface area contributed by atoms with E-state index in [0.717, 1.165) is 12.1 Å². The SMILES string of the molecule is CCn1c([C@@H](C)NS(=O)(=O)c2ccccn2)nc2ccc(C(F)(F)F)cc21. The molecule has 0 radical (unpaired) electrons. The van der Waals surface area contributed by atoms with Gasteiger partial charge < -0.3 is 4.57 Å². The van der Waals surface area contributed by atoms with E-state index >= 15 is 0 Å². The molecule has 0 saturated carbocycles. The summed E-state index contributed by atoms with van der Waals surface area (Å²) in [6.07, 6.45) is -3.11. The Bertz CT molecular complexity index is 1060. The van der Waals surface area contributed by atoms with Gasteiger partial charge in [-0.25, -0.2) is 18.4 Å². The molecule has 0 aliphatic heterocycles. The summed E-state index contributed by atoms with van der Waals surface area (Å²) in [5.41, 5.74) is -0.118. The number of sulfonamides is 1. The molecule has 0 unspecified atom stereocenters. The van der Waals surface area contributed by atoms with Gasteiger partial charge in [-0.2, -0.15) is 17.9 Å². The summed E-state index contributed by atoms with van der Waals surface area (Å²) < 4.78 is 67.9. The fourth-order valence-electron chi connectivity index (χ4n) is 2.83. The molecule has 1 aromatic carbocycles. The minimum Gasteiger partial charge on any atom is -0.327 e. The van der Waals surface area contributed by atoms with Gasteiger partial charge in [0.2, 0.25) is 0 Å². The van der Waals surface area contributed by atoms with Crippen molar-refractivity contribution in [2.24, 2.45) is 0 Å². The first kappa shape index (κ1) is 19.3. The summed E-state index contributed by atoms with van der Waals surface area (Å²) in [7, 11) is -3.90. The smallest absolute Gasteiger partial charge is 0.327 e. The maximum absolute atomic E-state index is 13.0. The Balaban J connectivity index is 2.01. The van der Waals surface area contributed by atoms with Crippen molar-refractivity contribution in [2.75, 3.05) is 0 Å². The number of nitrogens with one attached hydrogen (secondary N) is 1. The Hall–Kier alpha value is -2.46. The van der Waals surface area contributed by atoms with Crippen LogP contribution in [0, 0.1) is 0 Å². The van der Waals surface area contributed by atoms with E-state index in [-0.39, 0.29) is 5.03 Å². The van der Waals surface area contributed by atoms with Gasteiger partial charge in [0.05, 0.1) is 22.6 Å². The van der Waals surface area contributed by atoms with E-state index in [1.165, 1.54) is 18.3 Å². The molecule has 144 valence electrons. The standard InChI is InChI=1S/C17H17F3N4O2S/c1-3-24-14-10-12(17(18,19)20)7-8-13(14)22-16(24)11(2)23-27(25,26)15-6-4-5-9-21-15/h4-11,23H,3H2,1-2H3/t11-/m1/s1.